The summed E-state index contributed by atoms with van der Waals surface area (Å²) >= 11 is 0. The number of methoxy groups -OCH3 is 1. The summed E-state index contributed by atoms with van der Waals surface area (Å²) < 4.78 is 49.6. The van der Waals surface area contributed by atoms with Gasteiger partial charge in [0.2, 0.25) is 10.0 Å². The van der Waals surface area contributed by atoms with Crippen LogP contribution < -0.4 is 4.74 Å². The Bertz CT molecular complexity index is 564. The van der Waals surface area contributed by atoms with Crippen LogP contribution in [-0.4, -0.2) is 51.4 Å². The number of halogens is 1. The largest absolute Gasteiger partial charge is 0.489 e. The molecule has 1 unspecified atom stereocenters. The smallest absolute Gasteiger partial charge is 0.217 e. The SMILES string of the molecule is COC1CCCN(S(=O)(=O)CCOc2ccccc2F)C1. The van der Waals surface area contributed by atoms with E-state index < -0.39 is 15.8 Å². The van der Waals surface area contributed by atoms with Crippen LogP contribution in [0.4, 0.5) is 4.39 Å². The van der Waals surface area contributed by atoms with Gasteiger partial charge in [0.25, 0.3) is 0 Å². The van der Waals surface area contributed by atoms with Gasteiger partial charge < -0.3 is 9.47 Å². The maximum absolute atomic E-state index is 13.4. The van der Waals surface area contributed by atoms with Crippen molar-refractivity contribution < 1.29 is 22.3 Å². The molecule has 0 saturated carbocycles. The van der Waals surface area contributed by atoms with E-state index in [1.165, 1.54) is 16.4 Å². The molecule has 7 heteroatoms. The predicted octanol–water partition coefficient (Wildman–Crippen LogP) is 1.65. The van der Waals surface area contributed by atoms with Crippen LogP contribution in [0.2, 0.25) is 0 Å². The van der Waals surface area contributed by atoms with E-state index in [0.29, 0.717) is 13.1 Å². The van der Waals surface area contributed by atoms with Crippen LogP contribution in [0.5, 0.6) is 5.75 Å². The van der Waals surface area contributed by atoms with E-state index in [1.807, 2.05) is 0 Å². The minimum atomic E-state index is -3.40. The van der Waals surface area contributed by atoms with E-state index in [1.54, 1.807) is 19.2 Å². The van der Waals surface area contributed by atoms with Gasteiger partial charge in [0.15, 0.2) is 11.6 Å². The molecule has 0 aliphatic carbocycles. The fraction of sp³-hybridized carbons (Fsp3) is 0.571. The summed E-state index contributed by atoms with van der Waals surface area (Å²) in [7, 11) is -1.82. The third-order valence-corrected chi connectivity index (χ3v) is 5.30. The number of nitrogens with zero attached hydrogens (tertiary/aromatic N) is 1. The van der Waals surface area contributed by atoms with Gasteiger partial charge in [0.1, 0.15) is 6.61 Å². The summed E-state index contributed by atoms with van der Waals surface area (Å²) in [6.07, 6.45) is 1.60. The van der Waals surface area contributed by atoms with Crippen molar-refractivity contribution in [1.29, 1.82) is 0 Å². The third-order valence-electron chi connectivity index (χ3n) is 3.50. The van der Waals surface area contributed by atoms with Crippen LogP contribution in [0.1, 0.15) is 12.8 Å². The predicted molar refractivity (Wildman–Crippen MR) is 77.3 cm³/mol. The highest BCUT2D eigenvalue weighted by atomic mass is 32.2. The summed E-state index contributed by atoms with van der Waals surface area (Å²) in [6.45, 7) is 0.803. The molecule has 21 heavy (non-hydrogen) atoms. The van der Waals surface area contributed by atoms with E-state index in [9.17, 15) is 12.8 Å². The van der Waals surface area contributed by atoms with Crippen molar-refractivity contribution in [1.82, 2.24) is 4.31 Å². The topological polar surface area (TPSA) is 55.8 Å². The van der Waals surface area contributed by atoms with E-state index >= 15 is 0 Å². The number of hydrogen-bond donors (Lipinski definition) is 0. The summed E-state index contributed by atoms with van der Waals surface area (Å²) in [5, 5.41) is 0. The van der Waals surface area contributed by atoms with Crippen LogP contribution >= 0.6 is 0 Å². The quantitative estimate of drug-likeness (QED) is 0.800. The first kappa shape index (κ1) is 16.2. The van der Waals surface area contributed by atoms with Crippen molar-refractivity contribution in [3.63, 3.8) is 0 Å². The van der Waals surface area contributed by atoms with Gasteiger partial charge in [-0.1, -0.05) is 12.1 Å². The van der Waals surface area contributed by atoms with E-state index in [4.69, 9.17) is 9.47 Å². The van der Waals surface area contributed by atoms with E-state index in [0.717, 1.165) is 12.8 Å². The molecular weight excluding hydrogens is 297 g/mol. The maximum atomic E-state index is 13.4. The Kier molecular flexibility index (Phi) is 5.55. The molecule has 0 bridgehead atoms. The number of rotatable bonds is 6. The zero-order valence-corrected chi connectivity index (χ0v) is 12.8. The summed E-state index contributed by atoms with van der Waals surface area (Å²) in [5.74, 6) is -0.592. The van der Waals surface area contributed by atoms with Gasteiger partial charge in [-0.2, -0.15) is 4.31 Å². The molecular formula is C14H20FNO4S. The number of benzene rings is 1. The van der Waals surface area contributed by atoms with Crippen molar-refractivity contribution in [2.45, 2.75) is 18.9 Å². The van der Waals surface area contributed by atoms with Crippen molar-refractivity contribution in [2.75, 3.05) is 32.6 Å². The summed E-state index contributed by atoms with van der Waals surface area (Å²) in [4.78, 5) is 0. The van der Waals surface area contributed by atoms with Gasteiger partial charge in [-0.05, 0) is 25.0 Å². The van der Waals surface area contributed by atoms with Gasteiger partial charge in [0, 0.05) is 20.2 Å². The first-order valence-corrected chi connectivity index (χ1v) is 8.52. The standard InChI is InChI=1S/C14H20FNO4S/c1-19-12-5-4-8-16(11-12)21(17,18)10-9-20-14-7-3-2-6-13(14)15/h2-3,6-7,12H,4-5,8-11H2,1H3. The minimum absolute atomic E-state index is 0.0546. The van der Waals surface area contributed by atoms with Gasteiger partial charge >= 0.3 is 0 Å². The molecule has 1 aliphatic heterocycles. The lowest BCUT2D eigenvalue weighted by Crippen LogP contribution is -2.44. The zero-order valence-electron chi connectivity index (χ0n) is 12.0. The Morgan fingerprint density at radius 3 is 2.86 bits per heavy atom. The van der Waals surface area contributed by atoms with Gasteiger partial charge in [-0.25, -0.2) is 12.8 Å². The summed E-state index contributed by atoms with van der Waals surface area (Å²) in [5.41, 5.74) is 0. The molecule has 5 nitrogen and oxygen atoms in total. The highest BCUT2D eigenvalue weighted by Gasteiger charge is 2.28. The van der Waals surface area contributed by atoms with E-state index in [2.05, 4.69) is 0 Å². The van der Waals surface area contributed by atoms with Gasteiger partial charge in [-0.15, -0.1) is 0 Å². The number of piperidine rings is 1. The average molecular weight is 317 g/mol. The Morgan fingerprint density at radius 1 is 1.38 bits per heavy atom. The number of para-hydroxylation sites is 1. The maximum Gasteiger partial charge on any atom is 0.217 e. The van der Waals surface area contributed by atoms with Crippen molar-refractivity contribution in [3.8, 4) is 5.75 Å². The van der Waals surface area contributed by atoms with Crippen LogP contribution in [0, 0.1) is 5.82 Å². The molecule has 1 heterocycles. The molecule has 1 aromatic carbocycles. The normalized spacial score (nSPS) is 20.4. The highest BCUT2D eigenvalue weighted by Crippen LogP contribution is 2.18. The second-order valence-corrected chi connectivity index (χ2v) is 7.04. The first-order valence-electron chi connectivity index (χ1n) is 6.91. The lowest BCUT2D eigenvalue weighted by atomic mass is 10.1. The highest BCUT2D eigenvalue weighted by molar-refractivity contribution is 7.89. The molecule has 0 radical (unpaired) electrons. The van der Waals surface area contributed by atoms with Crippen LogP contribution in [0.3, 0.4) is 0 Å². The lowest BCUT2D eigenvalue weighted by molar-refractivity contribution is 0.0571. The van der Waals surface area contributed by atoms with Gasteiger partial charge in [0.05, 0.1) is 11.9 Å². The van der Waals surface area contributed by atoms with Crippen molar-refractivity contribution in [3.05, 3.63) is 30.1 Å². The average Bonchev–Trinajstić information content (AvgIpc) is 2.49. The second-order valence-electron chi connectivity index (χ2n) is 4.95. The molecule has 2 rings (SSSR count). The van der Waals surface area contributed by atoms with Crippen molar-refractivity contribution in [2.24, 2.45) is 0 Å². The van der Waals surface area contributed by atoms with E-state index in [-0.39, 0.29) is 24.2 Å². The Morgan fingerprint density at radius 2 is 2.14 bits per heavy atom. The number of sulfonamides is 1. The minimum Gasteiger partial charge on any atom is -0.489 e. The molecule has 1 fully saturated rings. The van der Waals surface area contributed by atoms with Crippen LogP contribution in [-0.2, 0) is 14.8 Å². The monoisotopic (exact) mass is 317 g/mol. The number of ether oxygens (including phenoxy) is 2. The molecule has 1 atom stereocenters. The van der Waals surface area contributed by atoms with Crippen molar-refractivity contribution >= 4 is 10.0 Å². The molecule has 1 aromatic rings. The molecule has 1 aliphatic rings. The third kappa shape index (κ3) is 4.39. The second kappa shape index (κ2) is 7.20. The van der Waals surface area contributed by atoms with Crippen LogP contribution in [0.15, 0.2) is 24.3 Å². The fourth-order valence-electron chi connectivity index (χ4n) is 2.30. The Hall–Kier alpha value is -1.18. The molecule has 0 spiro atoms. The molecule has 118 valence electrons. The zero-order chi connectivity index (χ0) is 15.3. The van der Waals surface area contributed by atoms with Crippen LogP contribution in [0.25, 0.3) is 0 Å². The Labute approximate surface area is 124 Å². The first-order chi connectivity index (χ1) is 10.0. The summed E-state index contributed by atoms with van der Waals surface area (Å²) in [6, 6.07) is 5.94. The Balaban J connectivity index is 1.88. The molecule has 0 amide bonds. The lowest BCUT2D eigenvalue weighted by Gasteiger charge is -2.31. The molecule has 1 saturated heterocycles. The fourth-order valence-corrected chi connectivity index (χ4v) is 3.65. The number of hydrogen-bond acceptors (Lipinski definition) is 4. The molecule has 0 N–H and O–H groups in total. The van der Waals surface area contributed by atoms with Gasteiger partial charge in [-0.3, -0.25) is 0 Å². The molecule has 0 aromatic heterocycles.